The largest absolute Gasteiger partial charge is 0.481 e. The maximum absolute atomic E-state index is 13.5. The van der Waals surface area contributed by atoms with Crippen LogP contribution in [-0.2, 0) is 11.0 Å². The second-order valence-corrected chi connectivity index (χ2v) is 8.99. The zero-order valence-electron chi connectivity index (χ0n) is 20.0. The van der Waals surface area contributed by atoms with Crippen molar-refractivity contribution in [3.8, 4) is 34.0 Å². The molecule has 8 heteroatoms. The van der Waals surface area contributed by atoms with Crippen molar-refractivity contribution >= 4 is 5.97 Å². The van der Waals surface area contributed by atoms with E-state index in [4.69, 9.17) is 9.63 Å². The molecule has 1 aromatic heterocycles. The predicted molar refractivity (Wildman–Crippen MR) is 130 cm³/mol. The summed E-state index contributed by atoms with van der Waals surface area (Å²) in [6, 6.07) is 18.1. The maximum Gasteiger partial charge on any atom is 0.417 e. The van der Waals surface area contributed by atoms with E-state index in [-0.39, 0.29) is 17.4 Å². The molecule has 4 aromatic rings. The summed E-state index contributed by atoms with van der Waals surface area (Å²) < 4.78 is 45.9. The van der Waals surface area contributed by atoms with Gasteiger partial charge in [0.15, 0.2) is 0 Å². The van der Waals surface area contributed by atoms with Crippen molar-refractivity contribution in [3.05, 3.63) is 83.4 Å². The number of benzene rings is 3. The third kappa shape index (κ3) is 5.32. The van der Waals surface area contributed by atoms with E-state index in [0.717, 1.165) is 17.2 Å². The number of carbonyl (C=O) groups is 1. The molecular formula is C28H25F3N2O3. The number of carboxylic acids is 1. The Morgan fingerprint density at radius 1 is 0.972 bits per heavy atom. The number of alkyl halides is 3. The third-order valence-corrected chi connectivity index (χ3v) is 6.29. The van der Waals surface area contributed by atoms with Crippen LogP contribution in [0.5, 0.6) is 0 Å². The molecule has 1 N–H and O–H groups in total. The first-order chi connectivity index (χ1) is 17.0. The molecule has 3 aromatic carbocycles. The molecule has 5 nitrogen and oxygen atoms in total. The Hall–Kier alpha value is -3.94. The first-order valence-corrected chi connectivity index (χ1v) is 11.5. The molecule has 186 valence electrons. The van der Waals surface area contributed by atoms with Crippen molar-refractivity contribution in [1.82, 2.24) is 10.1 Å². The monoisotopic (exact) mass is 494 g/mol. The van der Waals surface area contributed by atoms with Gasteiger partial charge < -0.3 is 9.63 Å². The minimum absolute atomic E-state index is 0.0787. The Morgan fingerprint density at radius 3 is 2.28 bits per heavy atom. The Kier molecular flexibility index (Phi) is 6.97. The van der Waals surface area contributed by atoms with E-state index in [1.54, 1.807) is 38.1 Å². The van der Waals surface area contributed by atoms with E-state index >= 15 is 0 Å². The summed E-state index contributed by atoms with van der Waals surface area (Å²) in [4.78, 5) is 15.6. The van der Waals surface area contributed by atoms with Crippen molar-refractivity contribution in [2.24, 2.45) is 5.92 Å². The second kappa shape index (κ2) is 9.97. The lowest BCUT2D eigenvalue weighted by atomic mass is 9.91. The summed E-state index contributed by atoms with van der Waals surface area (Å²) in [5, 5.41) is 13.2. The van der Waals surface area contributed by atoms with Crippen molar-refractivity contribution in [2.45, 2.75) is 39.3 Å². The lowest BCUT2D eigenvalue weighted by molar-refractivity contribution is -0.141. The fourth-order valence-corrected chi connectivity index (χ4v) is 4.25. The van der Waals surface area contributed by atoms with Crippen molar-refractivity contribution in [1.29, 1.82) is 0 Å². The van der Waals surface area contributed by atoms with Gasteiger partial charge >= 0.3 is 12.1 Å². The van der Waals surface area contributed by atoms with Crippen LogP contribution >= 0.6 is 0 Å². The third-order valence-electron chi connectivity index (χ3n) is 6.29. The number of carboxylic acid groups (broad SMARTS) is 1. The molecule has 0 bridgehead atoms. The SMILES string of the molecule is Cc1cc(-c2nc(-c3ccc([C@H](C)C[C@H](C)C(=O)O)cc3)no2)ccc1-c1ccccc1C(F)(F)F. The second-order valence-electron chi connectivity index (χ2n) is 8.99. The summed E-state index contributed by atoms with van der Waals surface area (Å²) in [5.74, 6) is -0.527. The molecule has 0 aliphatic rings. The van der Waals surface area contributed by atoms with Crippen LogP contribution in [-0.4, -0.2) is 21.2 Å². The highest BCUT2D eigenvalue weighted by atomic mass is 19.4. The van der Waals surface area contributed by atoms with Gasteiger partial charge in [-0.05, 0) is 59.7 Å². The Labute approximate surface area is 206 Å². The zero-order chi connectivity index (χ0) is 26.0. The highest BCUT2D eigenvalue weighted by Gasteiger charge is 2.33. The molecule has 2 atom stereocenters. The normalized spacial score (nSPS) is 13.4. The lowest BCUT2D eigenvalue weighted by Gasteiger charge is -2.15. The topological polar surface area (TPSA) is 76.2 Å². The van der Waals surface area contributed by atoms with Crippen LogP contribution in [0.2, 0.25) is 0 Å². The van der Waals surface area contributed by atoms with Crippen LogP contribution in [0.25, 0.3) is 34.0 Å². The molecule has 0 saturated carbocycles. The molecule has 0 fully saturated rings. The number of nitrogens with zero attached hydrogens (tertiary/aromatic N) is 2. The van der Waals surface area contributed by atoms with Crippen molar-refractivity contribution in [2.75, 3.05) is 0 Å². The zero-order valence-corrected chi connectivity index (χ0v) is 20.0. The van der Waals surface area contributed by atoms with Crippen LogP contribution in [0, 0.1) is 12.8 Å². The quantitative estimate of drug-likeness (QED) is 0.286. The molecule has 0 unspecified atom stereocenters. The molecule has 0 radical (unpaired) electrons. The van der Waals surface area contributed by atoms with E-state index in [1.807, 2.05) is 31.2 Å². The molecule has 0 spiro atoms. The average molecular weight is 495 g/mol. The first-order valence-electron chi connectivity index (χ1n) is 11.5. The summed E-state index contributed by atoms with van der Waals surface area (Å²) in [7, 11) is 0. The van der Waals surface area contributed by atoms with Gasteiger partial charge in [-0.1, -0.05) is 67.5 Å². The highest BCUT2D eigenvalue weighted by molar-refractivity contribution is 5.74. The average Bonchev–Trinajstić information content (AvgIpc) is 3.34. The number of hydrogen-bond donors (Lipinski definition) is 1. The van der Waals surface area contributed by atoms with Gasteiger partial charge in [0.05, 0.1) is 11.5 Å². The van der Waals surface area contributed by atoms with Gasteiger partial charge in [-0.25, -0.2) is 0 Å². The molecule has 36 heavy (non-hydrogen) atoms. The Balaban J connectivity index is 1.56. The van der Waals surface area contributed by atoms with Gasteiger partial charge in [-0.15, -0.1) is 0 Å². The Bertz CT molecular complexity index is 1380. The lowest BCUT2D eigenvalue weighted by Crippen LogP contribution is -2.12. The highest BCUT2D eigenvalue weighted by Crippen LogP contribution is 2.39. The molecule has 1 heterocycles. The van der Waals surface area contributed by atoms with Gasteiger partial charge in [-0.3, -0.25) is 4.79 Å². The molecule has 4 rings (SSSR count). The standard InChI is InChI=1S/C28H25F3N2O3/c1-16(14-18(3)27(34)35)19-8-10-20(11-9-19)25-32-26(36-33-25)21-12-13-22(17(2)15-21)23-6-4-5-7-24(23)28(29,30)31/h4-13,15-16,18H,14H2,1-3H3,(H,34,35)/t16-,18+/m1/s1. The number of rotatable bonds is 7. The molecule has 0 saturated heterocycles. The molecular weight excluding hydrogens is 469 g/mol. The summed E-state index contributed by atoms with van der Waals surface area (Å²) in [6.45, 7) is 5.42. The van der Waals surface area contributed by atoms with Gasteiger partial charge in [0.2, 0.25) is 5.82 Å². The molecule has 0 amide bonds. The van der Waals surface area contributed by atoms with Gasteiger partial charge in [0, 0.05) is 11.1 Å². The fraction of sp³-hybridized carbons (Fsp3) is 0.250. The van der Waals surface area contributed by atoms with E-state index in [2.05, 4.69) is 10.1 Å². The summed E-state index contributed by atoms with van der Waals surface area (Å²) in [5.41, 5.74) is 2.92. The fourth-order valence-electron chi connectivity index (χ4n) is 4.25. The number of hydrogen-bond acceptors (Lipinski definition) is 4. The smallest absolute Gasteiger partial charge is 0.417 e. The van der Waals surface area contributed by atoms with Gasteiger partial charge in [0.25, 0.3) is 5.89 Å². The van der Waals surface area contributed by atoms with Crippen LogP contribution in [0.4, 0.5) is 13.2 Å². The number of aromatic nitrogens is 2. The van der Waals surface area contributed by atoms with E-state index in [9.17, 15) is 18.0 Å². The van der Waals surface area contributed by atoms with Crippen molar-refractivity contribution in [3.63, 3.8) is 0 Å². The minimum Gasteiger partial charge on any atom is -0.481 e. The van der Waals surface area contributed by atoms with E-state index in [1.165, 1.54) is 12.1 Å². The predicted octanol–water partition coefficient (Wildman–Crippen LogP) is 7.61. The first kappa shape index (κ1) is 25.2. The van der Waals surface area contributed by atoms with Crippen LogP contribution in [0.15, 0.2) is 71.3 Å². The summed E-state index contributed by atoms with van der Waals surface area (Å²) >= 11 is 0. The minimum atomic E-state index is -4.45. The van der Waals surface area contributed by atoms with Gasteiger partial charge in [-0.2, -0.15) is 18.2 Å². The molecule has 0 aliphatic carbocycles. The van der Waals surface area contributed by atoms with Gasteiger partial charge in [0.1, 0.15) is 0 Å². The van der Waals surface area contributed by atoms with Crippen LogP contribution in [0.3, 0.4) is 0 Å². The van der Waals surface area contributed by atoms with Crippen LogP contribution in [0.1, 0.15) is 42.9 Å². The maximum atomic E-state index is 13.5. The number of aryl methyl sites for hydroxylation is 1. The number of aliphatic carboxylic acids is 1. The number of halogens is 3. The van der Waals surface area contributed by atoms with E-state index < -0.39 is 23.6 Å². The van der Waals surface area contributed by atoms with Crippen molar-refractivity contribution < 1.29 is 27.6 Å². The van der Waals surface area contributed by atoms with Crippen LogP contribution < -0.4 is 0 Å². The van der Waals surface area contributed by atoms with E-state index in [0.29, 0.717) is 28.9 Å². The molecule has 0 aliphatic heterocycles. The summed E-state index contributed by atoms with van der Waals surface area (Å²) in [6.07, 6.45) is -3.92. The Morgan fingerprint density at radius 2 is 1.64 bits per heavy atom.